The molecule has 7 heteroatoms. The van der Waals surface area contributed by atoms with Gasteiger partial charge in [0, 0.05) is 22.6 Å². The van der Waals surface area contributed by atoms with E-state index < -0.39 is 0 Å². The summed E-state index contributed by atoms with van der Waals surface area (Å²) in [4.78, 5) is 26.6. The second-order valence-corrected chi connectivity index (χ2v) is 8.30. The highest BCUT2D eigenvalue weighted by molar-refractivity contribution is 14.1. The fourth-order valence-corrected chi connectivity index (χ4v) is 3.58. The number of rotatable bonds is 9. The van der Waals surface area contributed by atoms with Crippen LogP contribution in [0.5, 0.6) is 0 Å². The summed E-state index contributed by atoms with van der Waals surface area (Å²) in [6.07, 6.45) is 2.66. The van der Waals surface area contributed by atoms with Gasteiger partial charge in [-0.15, -0.1) is 0 Å². The normalized spacial score (nSPS) is 15.7. The van der Waals surface area contributed by atoms with Gasteiger partial charge in [0.25, 0.3) is 0 Å². The fourth-order valence-electron chi connectivity index (χ4n) is 3.06. The molecule has 1 aliphatic heterocycles. The molecule has 2 rings (SSSR count). The quantitative estimate of drug-likeness (QED) is 0.415. The number of benzene rings is 1. The van der Waals surface area contributed by atoms with Crippen molar-refractivity contribution in [2.24, 2.45) is 5.92 Å². The summed E-state index contributed by atoms with van der Waals surface area (Å²) in [5.41, 5.74) is 0.846. The lowest BCUT2D eigenvalue weighted by atomic mass is 9.96. The van der Waals surface area contributed by atoms with Crippen molar-refractivity contribution >= 4 is 40.1 Å². The predicted octanol–water partition coefficient (Wildman–Crippen LogP) is 2.87. The van der Waals surface area contributed by atoms with Crippen molar-refractivity contribution in [3.63, 3.8) is 0 Å². The molecule has 1 aromatic rings. The summed E-state index contributed by atoms with van der Waals surface area (Å²) in [5, 5.41) is 5.96. The minimum Gasteiger partial charge on any atom is -0.379 e. The molecule has 0 saturated carbocycles. The van der Waals surface area contributed by atoms with Crippen LogP contribution in [-0.2, 0) is 14.3 Å². The summed E-state index contributed by atoms with van der Waals surface area (Å²) >= 11 is 2.21. The molecule has 1 saturated heterocycles. The summed E-state index contributed by atoms with van der Waals surface area (Å²) in [5.74, 6) is 0.167. The number of ether oxygens (including phenoxy) is 1. The molecule has 0 aromatic heterocycles. The molecule has 0 spiro atoms. The number of piperidine rings is 1. The molecule has 1 aliphatic rings. The monoisotopic (exact) mass is 487 g/mol. The molecule has 1 fully saturated rings. The molecular weight excluding hydrogens is 457 g/mol. The number of hydrogen-bond acceptors (Lipinski definition) is 4. The largest absolute Gasteiger partial charge is 0.379 e. The highest BCUT2D eigenvalue weighted by Crippen LogP contribution is 2.19. The number of hydrogen-bond donors (Lipinski definition) is 2. The van der Waals surface area contributed by atoms with Crippen LogP contribution in [0, 0.1) is 9.49 Å². The SMILES string of the molecule is CC(C)OCCCNC(=O)C1CCN(CC(=O)Nc2ccccc2I)CC1. The van der Waals surface area contributed by atoms with Gasteiger partial charge in [-0.05, 0) is 80.9 Å². The first-order valence-corrected chi connectivity index (χ1v) is 10.7. The minimum atomic E-state index is -0.00725. The lowest BCUT2D eigenvalue weighted by Gasteiger charge is -2.30. The first-order valence-electron chi connectivity index (χ1n) is 9.61. The van der Waals surface area contributed by atoms with E-state index in [1.165, 1.54) is 0 Å². The lowest BCUT2D eigenvalue weighted by molar-refractivity contribution is -0.126. The van der Waals surface area contributed by atoms with Gasteiger partial charge >= 0.3 is 0 Å². The number of carbonyl (C=O) groups excluding carboxylic acids is 2. The van der Waals surface area contributed by atoms with Crippen LogP contribution in [0.15, 0.2) is 24.3 Å². The number of nitrogens with zero attached hydrogens (tertiary/aromatic N) is 1. The van der Waals surface area contributed by atoms with Crippen molar-refractivity contribution in [3.05, 3.63) is 27.8 Å². The van der Waals surface area contributed by atoms with Gasteiger partial charge in [-0.3, -0.25) is 14.5 Å². The molecule has 0 aliphatic carbocycles. The molecule has 27 heavy (non-hydrogen) atoms. The van der Waals surface area contributed by atoms with E-state index >= 15 is 0 Å². The fraction of sp³-hybridized carbons (Fsp3) is 0.600. The zero-order chi connectivity index (χ0) is 19.6. The molecule has 2 amide bonds. The van der Waals surface area contributed by atoms with Gasteiger partial charge in [0.2, 0.25) is 11.8 Å². The molecule has 0 atom stereocenters. The van der Waals surface area contributed by atoms with Gasteiger partial charge in [-0.2, -0.15) is 0 Å². The van der Waals surface area contributed by atoms with E-state index in [1.807, 2.05) is 38.1 Å². The highest BCUT2D eigenvalue weighted by Gasteiger charge is 2.25. The third kappa shape index (κ3) is 8.15. The van der Waals surface area contributed by atoms with E-state index in [0.29, 0.717) is 19.7 Å². The molecule has 0 radical (unpaired) electrons. The average Bonchev–Trinajstić information content (AvgIpc) is 2.63. The van der Waals surface area contributed by atoms with Crippen molar-refractivity contribution < 1.29 is 14.3 Å². The van der Waals surface area contributed by atoms with Gasteiger partial charge in [-0.1, -0.05) is 12.1 Å². The summed E-state index contributed by atoms with van der Waals surface area (Å²) in [6, 6.07) is 7.74. The van der Waals surface area contributed by atoms with Gasteiger partial charge < -0.3 is 15.4 Å². The van der Waals surface area contributed by atoms with Crippen LogP contribution in [0.25, 0.3) is 0 Å². The number of halogens is 1. The van der Waals surface area contributed by atoms with E-state index in [9.17, 15) is 9.59 Å². The van der Waals surface area contributed by atoms with E-state index in [1.54, 1.807) is 0 Å². The van der Waals surface area contributed by atoms with E-state index in [4.69, 9.17) is 4.74 Å². The maximum atomic E-state index is 12.3. The molecule has 0 unspecified atom stereocenters. The number of nitrogens with one attached hydrogen (secondary N) is 2. The number of carbonyl (C=O) groups is 2. The van der Waals surface area contributed by atoms with Crippen LogP contribution in [0.1, 0.15) is 33.1 Å². The van der Waals surface area contributed by atoms with Crippen molar-refractivity contribution in [2.75, 3.05) is 38.1 Å². The molecule has 1 heterocycles. The second-order valence-electron chi connectivity index (χ2n) is 7.14. The number of likely N-dealkylation sites (tertiary alicyclic amines) is 1. The third-order valence-corrected chi connectivity index (χ3v) is 5.49. The molecule has 2 N–H and O–H groups in total. The van der Waals surface area contributed by atoms with Crippen molar-refractivity contribution in [3.8, 4) is 0 Å². The standard InChI is InChI=1S/C20H30IN3O3/c1-15(2)27-13-5-10-22-20(26)16-8-11-24(12-9-16)14-19(25)23-18-7-4-3-6-17(18)21/h3-4,6-7,15-16H,5,8-14H2,1-2H3,(H,22,26)(H,23,25). The summed E-state index contributed by atoms with van der Waals surface area (Å²) in [6.45, 7) is 7.25. The van der Waals surface area contributed by atoms with Gasteiger partial charge in [-0.25, -0.2) is 0 Å². The summed E-state index contributed by atoms with van der Waals surface area (Å²) in [7, 11) is 0. The van der Waals surface area contributed by atoms with Crippen LogP contribution in [0.2, 0.25) is 0 Å². The molecule has 0 bridgehead atoms. The van der Waals surface area contributed by atoms with Crippen molar-refractivity contribution in [1.29, 1.82) is 0 Å². The van der Waals surface area contributed by atoms with E-state index in [2.05, 4.69) is 38.1 Å². The third-order valence-electron chi connectivity index (χ3n) is 4.55. The van der Waals surface area contributed by atoms with Crippen molar-refractivity contribution in [2.45, 2.75) is 39.2 Å². The minimum absolute atomic E-state index is 0.00725. The smallest absolute Gasteiger partial charge is 0.238 e. The Labute approximate surface area is 175 Å². The van der Waals surface area contributed by atoms with E-state index in [-0.39, 0.29) is 23.8 Å². The zero-order valence-corrected chi connectivity index (χ0v) is 18.3. The Bertz CT molecular complexity index is 616. The van der Waals surface area contributed by atoms with Gasteiger partial charge in [0.15, 0.2) is 0 Å². The van der Waals surface area contributed by atoms with E-state index in [0.717, 1.165) is 41.6 Å². The van der Waals surface area contributed by atoms with Crippen LogP contribution < -0.4 is 10.6 Å². The molecule has 150 valence electrons. The van der Waals surface area contributed by atoms with Crippen LogP contribution in [-0.4, -0.2) is 55.6 Å². The van der Waals surface area contributed by atoms with Gasteiger partial charge in [0.05, 0.1) is 18.3 Å². The Morgan fingerprint density at radius 3 is 2.63 bits per heavy atom. The first kappa shape index (κ1) is 22.1. The van der Waals surface area contributed by atoms with Crippen LogP contribution >= 0.6 is 22.6 Å². The maximum absolute atomic E-state index is 12.3. The molecule has 1 aromatic carbocycles. The Morgan fingerprint density at radius 2 is 1.96 bits per heavy atom. The summed E-state index contributed by atoms with van der Waals surface area (Å²) < 4.78 is 6.50. The topological polar surface area (TPSA) is 70.7 Å². The van der Waals surface area contributed by atoms with Crippen LogP contribution in [0.4, 0.5) is 5.69 Å². The Morgan fingerprint density at radius 1 is 1.26 bits per heavy atom. The molecule has 6 nitrogen and oxygen atoms in total. The van der Waals surface area contributed by atoms with Crippen molar-refractivity contribution in [1.82, 2.24) is 10.2 Å². The number of para-hydroxylation sites is 1. The average molecular weight is 487 g/mol. The molecular formula is C20H30IN3O3. The zero-order valence-electron chi connectivity index (χ0n) is 16.2. The number of anilines is 1. The Hall–Kier alpha value is -1.19. The Balaban J connectivity index is 1.64. The highest BCUT2D eigenvalue weighted by atomic mass is 127. The van der Waals surface area contributed by atoms with Gasteiger partial charge in [0.1, 0.15) is 0 Å². The second kappa shape index (κ2) is 11.6. The maximum Gasteiger partial charge on any atom is 0.238 e. The lowest BCUT2D eigenvalue weighted by Crippen LogP contribution is -2.43. The number of amides is 2. The Kier molecular flexibility index (Phi) is 9.50. The predicted molar refractivity (Wildman–Crippen MR) is 116 cm³/mol. The first-order chi connectivity index (χ1) is 13.0. The van der Waals surface area contributed by atoms with Crippen LogP contribution in [0.3, 0.4) is 0 Å².